The van der Waals surface area contributed by atoms with Crippen LogP contribution in [0.25, 0.3) is 0 Å². The molecule has 3 fully saturated rings. The molecule has 0 radical (unpaired) electrons. The Hall–Kier alpha value is -2.39. The lowest BCUT2D eigenvalue weighted by Crippen LogP contribution is -2.63. The number of aryl methyl sites for hydroxylation is 1. The van der Waals surface area contributed by atoms with Crippen LogP contribution in [0.3, 0.4) is 0 Å². The maximum Gasteiger partial charge on any atom is 0.330 e. The summed E-state index contributed by atoms with van der Waals surface area (Å²) in [7, 11) is -2.34. The molecule has 3 aliphatic carbocycles. The van der Waals surface area contributed by atoms with Crippen LogP contribution in [-0.2, 0) is 19.6 Å². The maximum atomic E-state index is 13.3. The zero-order valence-electron chi connectivity index (χ0n) is 21.4. The van der Waals surface area contributed by atoms with Gasteiger partial charge in [0.15, 0.2) is 0 Å². The van der Waals surface area contributed by atoms with Gasteiger partial charge in [-0.1, -0.05) is 26.3 Å². The molecule has 0 spiro atoms. The predicted octanol–water partition coefficient (Wildman–Crippen LogP) is 5.17. The molecule has 4 atom stereocenters. The number of nitrogens with zero attached hydrogens (tertiary/aromatic N) is 1. The number of nitrogens with one attached hydrogen (secondary N) is 1. The van der Waals surface area contributed by atoms with Crippen molar-refractivity contribution in [3.8, 4) is 0 Å². The summed E-state index contributed by atoms with van der Waals surface area (Å²) in [4.78, 5) is 24.9. The Balaban J connectivity index is 1.41. The summed E-state index contributed by atoms with van der Waals surface area (Å²) in [6.07, 6.45) is 10.9. The highest BCUT2D eigenvalue weighted by atomic mass is 32.2. The van der Waals surface area contributed by atoms with E-state index in [0.29, 0.717) is 28.3 Å². The number of amides is 1. The van der Waals surface area contributed by atoms with E-state index in [4.69, 9.17) is 0 Å². The molecule has 196 valence electrons. The van der Waals surface area contributed by atoms with Gasteiger partial charge in [-0.3, -0.25) is 4.79 Å². The third-order valence-electron chi connectivity index (χ3n) is 8.25. The Kier molecular flexibility index (Phi) is 7.80. The van der Waals surface area contributed by atoms with E-state index in [1.54, 1.807) is 25.1 Å². The van der Waals surface area contributed by atoms with E-state index >= 15 is 0 Å². The van der Waals surface area contributed by atoms with Crippen LogP contribution in [0.15, 0.2) is 46.8 Å². The number of esters is 1. The first-order valence-electron chi connectivity index (χ1n) is 12.6. The highest BCUT2D eigenvalue weighted by Crippen LogP contribution is 2.61. The van der Waals surface area contributed by atoms with Crippen LogP contribution in [0.4, 0.5) is 0 Å². The highest BCUT2D eigenvalue weighted by Gasteiger charge is 2.57. The van der Waals surface area contributed by atoms with E-state index in [-0.39, 0.29) is 27.5 Å². The van der Waals surface area contributed by atoms with Crippen LogP contribution in [0.5, 0.6) is 0 Å². The number of hydrogen-bond donors (Lipinski definition) is 1. The van der Waals surface area contributed by atoms with Gasteiger partial charge in [-0.25, -0.2) is 8.77 Å². The molecule has 0 aliphatic heterocycles. The van der Waals surface area contributed by atoms with Gasteiger partial charge in [-0.2, -0.15) is 8.42 Å². The molecule has 0 saturated heterocycles. The minimum atomic E-state index is -3.71. The third kappa shape index (κ3) is 5.18. The van der Waals surface area contributed by atoms with Gasteiger partial charge in [0.1, 0.15) is 4.21 Å². The lowest BCUT2D eigenvalue weighted by Gasteiger charge is -2.62. The molecular formula is C27H36N2O5S2. The van der Waals surface area contributed by atoms with Crippen LogP contribution >= 0.6 is 11.3 Å². The van der Waals surface area contributed by atoms with Gasteiger partial charge in [0.05, 0.1) is 12.0 Å². The standard InChI is InChI=1S/C27H36N2O5S2/c1-18-10-9-15-29(18)36(32,33)24-14-13-22(35-24)26(31)28-25-19(16-20-17-21(25)27(20,2)3)11-7-5-6-8-12-23(30)34-4/h8-10,12-15,19-21,25H,5-7,11,16-17H2,1-4H3,(H,28,31)/b12-8+/t19-,20-,21-,25+/m0/s1. The molecule has 1 amide bonds. The van der Waals surface area contributed by atoms with Crippen LogP contribution in [0, 0.1) is 30.1 Å². The SMILES string of the molecule is COC(=O)/C=C/CCCC[C@H]1C[C@H]2C[C@@H]([C@@H]1NC(=O)c1ccc(S(=O)(=O)n3cccc3C)s1)C2(C)C. The van der Waals surface area contributed by atoms with Gasteiger partial charge >= 0.3 is 5.97 Å². The molecule has 0 unspecified atom stereocenters. The summed E-state index contributed by atoms with van der Waals surface area (Å²) >= 11 is 1.02. The fourth-order valence-electron chi connectivity index (χ4n) is 5.96. The van der Waals surface area contributed by atoms with Gasteiger partial charge in [0.2, 0.25) is 0 Å². The molecule has 7 nitrogen and oxygen atoms in total. The minimum Gasteiger partial charge on any atom is -0.466 e. The number of ether oxygens (including phenoxy) is 1. The summed E-state index contributed by atoms with van der Waals surface area (Å²) < 4.78 is 32.0. The predicted molar refractivity (Wildman–Crippen MR) is 140 cm³/mol. The molecule has 9 heteroatoms. The Bertz CT molecular complexity index is 1240. The fourth-order valence-corrected chi connectivity index (χ4v) is 8.64. The summed E-state index contributed by atoms with van der Waals surface area (Å²) in [5.41, 5.74) is 0.829. The topological polar surface area (TPSA) is 94.5 Å². The Morgan fingerprint density at radius 2 is 2.00 bits per heavy atom. The molecule has 5 rings (SSSR count). The molecule has 36 heavy (non-hydrogen) atoms. The van der Waals surface area contributed by atoms with Crippen LogP contribution < -0.4 is 5.32 Å². The van der Waals surface area contributed by atoms with Crippen molar-refractivity contribution in [1.82, 2.24) is 9.29 Å². The third-order valence-corrected chi connectivity index (χ3v) is 11.6. The van der Waals surface area contributed by atoms with Crippen molar-refractivity contribution in [3.05, 3.63) is 53.2 Å². The van der Waals surface area contributed by atoms with Crippen molar-refractivity contribution in [2.24, 2.45) is 23.2 Å². The van der Waals surface area contributed by atoms with Gasteiger partial charge in [-0.05, 0) is 86.5 Å². The number of fused-ring (bicyclic) bond motifs is 2. The average Bonchev–Trinajstić information content (AvgIpc) is 3.51. The zero-order valence-corrected chi connectivity index (χ0v) is 23.0. The molecule has 1 N–H and O–H groups in total. The smallest absolute Gasteiger partial charge is 0.330 e. The molecule has 2 aromatic heterocycles. The largest absolute Gasteiger partial charge is 0.466 e. The summed E-state index contributed by atoms with van der Waals surface area (Å²) in [5, 5.41) is 3.31. The van der Waals surface area contributed by atoms with Crippen molar-refractivity contribution < 1.29 is 22.7 Å². The lowest BCUT2D eigenvalue weighted by atomic mass is 9.44. The molecule has 2 heterocycles. The number of aromatic nitrogens is 1. The molecule has 0 aromatic carbocycles. The summed E-state index contributed by atoms with van der Waals surface area (Å²) in [5.74, 6) is 0.988. The number of unbranched alkanes of at least 4 members (excludes halogenated alkanes) is 2. The second-order valence-corrected chi connectivity index (χ2v) is 13.8. The van der Waals surface area contributed by atoms with Crippen molar-refractivity contribution >= 4 is 33.2 Å². The first-order valence-corrected chi connectivity index (χ1v) is 14.9. The van der Waals surface area contributed by atoms with Crippen molar-refractivity contribution in [2.45, 2.75) is 69.5 Å². The number of methoxy groups -OCH3 is 1. The molecule has 2 bridgehead atoms. The molecular weight excluding hydrogens is 496 g/mol. The summed E-state index contributed by atoms with van der Waals surface area (Å²) in [6.45, 7) is 6.34. The van der Waals surface area contributed by atoms with Crippen molar-refractivity contribution in [3.63, 3.8) is 0 Å². The van der Waals surface area contributed by atoms with Gasteiger partial charge < -0.3 is 10.1 Å². The quantitative estimate of drug-likeness (QED) is 0.259. The van der Waals surface area contributed by atoms with E-state index in [9.17, 15) is 18.0 Å². The number of rotatable bonds is 10. The second-order valence-electron chi connectivity index (χ2n) is 10.6. The lowest BCUT2D eigenvalue weighted by molar-refractivity contribution is -0.134. The number of carbonyl (C=O) groups excluding carboxylic acids is 2. The number of hydrogen-bond acceptors (Lipinski definition) is 6. The van der Waals surface area contributed by atoms with Crippen molar-refractivity contribution in [1.29, 1.82) is 0 Å². The van der Waals surface area contributed by atoms with E-state index in [0.717, 1.165) is 49.9 Å². The molecule has 2 aromatic rings. The first-order chi connectivity index (χ1) is 17.1. The molecule has 3 aliphatic rings. The Morgan fingerprint density at radius 3 is 2.67 bits per heavy atom. The van der Waals surface area contributed by atoms with Crippen LogP contribution in [-0.4, -0.2) is 37.4 Å². The summed E-state index contributed by atoms with van der Waals surface area (Å²) in [6, 6.07) is 6.66. The van der Waals surface area contributed by atoms with E-state index in [1.165, 1.54) is 29.4 Å². The van der Waals surface area contributed by atoms with Gasteiger partial charge in [0, 0.05) is 24.0 Å². The van der Waals surface area contributed by atoms with E-state index in [1.807, 2.05) is 6.08 Å². The van der Waals surface area contributed by atoms with Gasteiger partial charge in [-0.15, -0.1) is 11.3 Å². The first kappa shape index (κ1) is 26.7. The Morgan fingerprint density at radius 1 is 1.22 bits per heavy atom. The number of carbonyl (C=O) groups is 2. The zero-order chi connectivity index (χ0) is 26.1. The fraction of sp³-hybridized carbons (Fsp3) is 0.556. The van der Waals surface area contributed by atoms with Crippen LogP contribution in [0.2, 0.25) is 0 Å². The normalized spacial score (nSPS) is 24.9. The average molecular weight is 533 g/mol. The highest BCUT2D eigenvalue weighted by molar-refractivity contribution is 7.92. The second kappa shape index (κ2) is 10.5. The number of allylic oxidation sites excluding steroid dienone is 1. The monoisotopic (exact) mass is 532 g/mol. The Labute approximate surface area is 218 Å². The van der Waals surface area contributed by atoms with Crippen LogP contribution in [0.1, 0.15) is 67.7 Å². The minimum absolute atomic E-state index is 0.0805. The van der Waals surface area contributed by atoms with Crippen molar-refractivity contribution in [2.75, 3.05) is 7.11 Å². The van der Waals surface area contributed by atoms with E-state index in [2.05, 4.69) is 23.9 Å². The van der Waals surface area contributed by atoms with E-state index < -0.39 is 10.0 Å². The maximum absolute atomic E-state index is 13.3. The van der Waals surface area contributed by atoms with Gasteiger partial charge in [0.25, 0.3) is 15.9 Å². The molecule has 3 saturated carbocycles. The number of thiophene rings is 1.